The van der Waals surface area contributed by atoms with E-state index in [2.05, 4.69) is 36.4 Å². The predicted molar refractivity (Wildman–Crippen MR) is 86.4 cm³/mol. The third-order valence-corrected chi connectivity index (χ3v) is 4.57. The Labute approximate surface area is 129 Å². The molecule has 1 saturated heterocycles. The van der Waals surface area contributed by atoms with Crippen LogP contribution in [0.1, 0.15) is 39.5 Å². The van der Waals surface area contributed by atoms with E-state index >= 15 is 0 Å². The minimum atomic E-state index is -0.325. The maximum Gasteiger partial charge on any atom is 0.228 e. The van der Waals surface area contributed by atoms with E-state index in [1.54, 1.807) is 7.11 Å². The van der Waals surface area contributed by atoms with Crippen LogP contribution in [0.25, 0.3) is 0 Å². The molecule has 0 aromatic carbocycles. The number of ether oxygens (including phenoxy) is 1. The fourth-order valence-corrected chi connectivity index (χ4v) is 2.75. The second kappa shape index (κ2) is 9.38. The van der Waals surface area contributed by atoms with Crippen LogP contribution in [0.15, 0.2) is 0 Å². The number of unbranched alkanes of at least 4 members (excludes halogenated alkanes) is 1. The molecule has 1 heterocycles. The van der Waals surface area contributed by atoms with Gasteiger partial charge >= 0.3 is 0 Å². The standard InChI is InChI=1S/C16H33N3O2/c1-14(2)19(3)12-6-5-9-18-15(20)16(13-21-4)7-10-17-11-8-16/h14,17H,5-13H2,1-4H3,(H,18,20). The van der Waals surface area contributed by atoms with Crippen LogP contribution in [0.5, 0.6) is 0 Å². The molecule has 0 aromatic rings. The van der Waals surface area contributed by atoms with Gasteiger partial charge in [0.05, 0.1) is 12.0 Å². The van der Waals surface area contributed by atoms with Crippen molar-refractivity contribution >= 4 is 5.91 Å². The third kappa shape index (κ3) is 5.93. The van der Waals surface area contributed by atoms with Crippen LogP contribution in [0, 0.1) is 5.41 Å². The molecular weight excluding hydrogens is 266 g/mol. The first-order chi connectivity index (χ1) is 10.0. The van der Waals surface area contributed by atoms with E-state index in [9.17, 15) is 4.79 Å². The maximum atomic E-state index is 12.5. The summed E-state index contributed by atoms with van der Waals surface area (Å²) in [4.78, 5) is 14.8. The van der Waals surface area contributed by atoms with Gasteiger partial charge in [0.1, 0.15) is 0 Å². The fourth-order valence-electron chi connectivity index (χ4n) is 2.75. The highest BCUT2D eigenvalue weighted by Gasteiger charge is 2.39. The second-order valence-electron chi connectivity index (χ2n) is 6.50. The van der Waals surface area contributed by atoms with Gasteiger partial charge in [-0.15, -0.1) is 0 Å². The summed E-state index contributed by atoms with van der Waals surface area (Å²) in [5.41, 5.74) is -0.325. The van der Waals surface area contributed by atoms with Crippen molar-refractivity contribution in [3.63, 3.8) is 0 Å². The highest BCUT2D eigenvalue weighted by molar-refractivity contribution is 5.82. The highest BCUT2D eigenvalue weighted by atomic mass is 16.5. The topological polar surface area (TPSA) is 53.6 Å². The van der Waals surface area contributed by atoms with Crippen LogP contribution in [-0.2, 0) is 9.53 Å². The van der Waals surface area contributed by atoms with E-state index in [1.807, 2.05) is 0 Å². The zero-order chi connectivity index (χ0) is 15.7. The number of nitrogens with zero attached hydrogens (tertiary/aromatic N) is 1. The van der Waals surface area contributed by atoms with Gasteiger partial charge in [0, 0.05) is 19.7 Å². The predicted octanol–water partition coefficient (Wildman–Crippen LogP) is 1.24. The van der Waals surface area contributed by atoms with Gasteiger partial charge in [-0.1, -0.05) is 0 Å². The molecule has 5 nitrogen and oxygen atoms in total. The first-order valence-electron chi connectivity index (χ1n) is 8.20. The van der Waals surface area contributed by atoms with Crippen LogP contribution in [0.4, 0.5) is 0 Å². The lowest BCUT2D eigenvalue weighted by Crippen LogP contribution is -2.50. The molecule has 1 rings (SSSR count). The number of amides is 1. The largest absolute Gasteiger partial charge is 0.384 e. The summed E-state index contributed by atoms with van der Waals surface area (Å²) in [7, 11) is 3.82. The smallest absolute Gasteiger partial charge is 0.228 e. The summed E-state index contributed by atoms with van der Waals surface area (Å²) in [5.74, 6) is 0.170. The molecule has 124 valence electrons. The summed E-state index contributed by atoms with van der Waals surface area (Å²) in [6, 6.07) is 0.583. The number of carbonyl (C=O) groups is 1. The molecule has 0 unspecified atom stereocenters. The van der Waals surface area contributed by atoms with Crippen molar-refractivity contribution in [2.75, 3.05) is 46.9 Å². The summed E-state index contributed by atoms with van der Waals surface area (Å²) < 4.78 is 5.30. The summed E-state index contributed by atoms with van der Waals surface area (Å²) in [6.45, 7) is 8.58. The zero-order valence-corrected chi connectivity index (χ0v) is 14.2. The first kappa shape index (κ1) is 18.4. The average Bonchev–Trinajstić information content (AvgIpc) is 2.47. The molecule has 0 atom stereocenters. The lowest BCUT2D eigenvalue weighted by Gasteiger charge is -2.35. The molecule has 1 aliphatic rings. The van der Waals surface area contributed by atoms with Gasteiger partial charge in [-0.25, -0.2) is 0 Å². The quantitative estimate of drug-likeness (QED) is 0.629. The Bertz CT molecular complexity index is 296. The van der Waals surface area contributed by atoms with E-state index < -0.39 is 0 Å². The number of hydrogen-bond acceptors (Lipinski definition) is 4. The molecule has 0 aromatic heterocycles. The van der Waals surface area contributed by atoms with Crippen molar-refractivity contribution in [3.05, 3.63) is 0 Å². The molecular formula is C16H33N3O2. The number of carbonyl (C=O) groups excluding carboxylic acids is 1. The van der Waals surface area contributed by atoms with Gasteiger partial charge in [0.2, 0.25) is 5.91 Å². The third-order valence-electron chi connectivity index (χ3n) is 4.57. The van der Waals surface area contributed by atoms with E-state index in [1.165, 1.54) is 0 Å². The fraction of sp³-hybridized carbons (Fsp3) is 0.938. The first-order valence-corrected chi connectivity index (χ1v) is 8.20. The van der Waals surface area contributed by atoms with E-state index in [0.717, 1.165) is 51.9 Å². The van der Waals surface area contributed by atoms with Gasteiger partial charge in [-0.2, -0.15) is 0 Å². The minimum Gasteiger partial charge on any atom is -0.384 e. The summed E-state index contributed by atoms with van der Waals surface area (Å²) in [5, 5.41) is 6.43. The van der Waals surface area contributed by atoms with Crippen LogP contribution >= 0.6 is 0 Å². The van der Waals surface area contributed by atoms with E-state index in [4.69, 9.17) is 4.74 Å². The number of nitrogens with one attached hydrogen (secondary N) is 2. The Kier molecular flexibility index (Phi) is 8.22. The van der Waals surface area contributed by atoms with Crippen molar-refractivity contribution in [3.8, 4) is 0 Å². The molecule has 21 heavy (non-hydrogen) atoms. The zero-order valence-electron chi connectivity index (χ0n) is 14.2. The van der Waals surface area contributed by atoms with E-state index in [-0.39, 0.29) is 11.3 Å². The SMILES string of the molecule is COCC1(C(=O)NCCCCN(C)C(C)C)CCNCC1. The van der Waals surface area contributed by atoms with Gasteiger partial charge in [-0.3, -0.25) is 4.79 Å². The number of methoxy groups -OCH3 is 1. The highest BCUT2D eigenvalue weighted by Crippen LogP contribution is 2.29. The minimum absolute atomic E-state index is 0.170. The van der Waals surface area contributed by atoms with Crippen LogP contribution < -0.4 is 10.6 Å². The van der Waals surface area contributed by atoms with Crippen molar-refractivity contribution < 1.29 is 9.53 Å². The van der Waals surface area contributed by atoms with E-state index in [0.29, 0.717) is 12.6 Å². The van der Waals surface area contributed by atoms with Gasteiger partial charge in [0.25, 0.3) is 0 Å². The molecule has 0 bridgehead atoms. The monoisotopic (exact) mass is 299 g/mol. The van der Waals surface area contributed by atoms with Crippen LogP contribution in [0.3, 0.4) is 0 Å². The molecule has 2 N–H and O–H groups in total. The molecule has 1 fully saturated rings. The van der Waals surface area contributed by atoms with Crippen LogP contribution in [0.2, 0.25) is 0 Å². The number of hydrogen-bond donors (Lipinski definition) is 2. The van der Waals surface area contributed by atoms with Crippen molar-refractivity contribution in [1.82, 2.24) is 15.5 Å². The van der Waals surface area contributed by atoms with Gasteiger partial charge in [-0.05, 0) is 66.2 Å². The van der Waals surface area contributed by atoms with Gasteiger partial charge in [0.15, 0.2) is 0 Å². The number of rotatable bonds is 9. The van der Waals surface area contributed by atoms with Crippen molar-refractivity contribution in [2.24, 2.45) is 5.41 Å². The molecule has 0 saturated carbocycles. The second-order valence-corrected chi connectivity index (χ2v) is 6.50. The lowest BCUT2D eigenvalue weighted by atomic mass is 9.78. The Morgan fingerprint density at radius 3 is 2.57 bits per heavy atom. The van der Waals surface area contributed by atoms with Crippen molar-refractivity contribution in [1.29, 1.82) is 0 Å². The lowest BCUT2D eigenvalue weighted by molar-refractivity contribution is -0.136. The molecule has 0 aliphatic carbocycles. The maximum absolute atomic E-state index is 12.5. The Hall–Kier alpha value is -0.650. The molecule has 5 heteroatoms. The molecule has 1 amide bonds. The van der Waals surface area contributed by atoms with Crippen molar-refractivity contribution in [2.45, 2.75) is 45.6 Å². The van der Waals surface area contributed by atoms with Gasteiger partial charge < -0.3 is 20.3 Å². The molecule has 0 radical (unpaired) electrons. The average molecular weight is 299 g/mol. The Balaban J connectivity index is 2.28. The number of piperidine rings is 1. The summed E-state index contributed by atoms with van der Waals surface area (Å²) >= 11 is 0. The Morgan fingerprint density at radius 2 is 2.00 bits per heavy atom. The normalized spacial score (nSPS) is 18.2. The molecule has 0 spiro atoms. The Morgan fingerprint density at radius 1 is 1.33 bits per heavy atom. The molecule has 1 aliphatic heterocycles. The summed E-state index contributed by atoms with van der Waals surface area (Å²) in [6.07, 6.45) is 3.88. The van der Waals surface area contributed by atoms with Crippen LogP contribution in [-0.4, -0.2) is 63.8 Å².